The van der Waals surface area contributed by atoms with Crippen LogP contribution in [0.5, 0.6) is 0 Å². The van der Waals surface area contributed by atoms with Crippen LogP contribution in [0.1, 0.15) is 36.3 Å². The Hall–Kier alpha value is -1.68. The smallest absolute Gasteiger partial charge is 0.0947 e. The number of rotatable bonds is 5. The summed E-state index contributed by atoms with van der Waals surface area (Å²) >= 11 is 0. The molecule has 0 amide bonds. The quantitative estimate of drug-likeness (QED) is 0.877. The first-order valence-corrected chi connectivity index (χ1v) is 6.34. The van der Waals surface area contributed by atoms with E-state index in [1.54, 1.807) is 0 Å². The fourth-order valence-electron chi connectivity index (χ4n) is 2.01. The van der Waals surface area contributed by atoms with Gasteiger partial charge in [-0.2, -0.15) is 0 Å². The van der Waals surface area contributed by atoms with Gasteiger partial charge >= 0.3 is 0 Å². The van der Waals surface area contributed by atoms with Crippen LogP contribution in [0.3, 0.4) is 0 Å². The first kappa shape index (κ1) is 12.8. The second kappa shape index (κ2) is 5.78. The third-order valence-corrected chi connectivity index (χ3v) is 2.87. The Morgan fingerprint density at radius 1 is 1.39 bits per heavy atom. The molecular formula is C14H20N4. The fourth-order valence-corrected chi connectivity index (χ4v) is 2.01. The van der Waals surface area contributed by atoms with Crippen molar-refractivity contribution in [1.82, 2.24) is 19.9 Å². The molecule has 2 rings (SSSR count). The lowest BCUT2D eigenvalue weighted by atomic mass is 10.0. The number of hydrogen-bond acceptors (Lipinski definition) is 3. The Balaban J connectivity index is 2.30. The van der Waals surface area contributed by atoms with Crippen molar-refractivity contribution in [2.45, 2.75) is 26.3 Å². The maximum absolute atomic E-state index is 4.46. The molecular weight excluding hydrogens is 224 g/mol. The first-order chi connectivity index (χ1) is 8.70. The van der Waals surface area contributed by atoms with Crippen LogP contribution in [0.4, 0.5) is 0 Å². The van der Waals surface area contributed by atoms with Gasteiger partial charge in [0.2, 0.25) is 0 Å². The normalized spacial score (nSPS) is 12.6. The molecule has 0 fully saturated rings. The average Bonchev–Trinajstić information content (AvgIpc) is 2.76. The summed E-state index contributed by atoms with van der Waals surface area (Å²) in [7, 11) is 1.99. The Labute approximate surface area is 108 Å². The minimum Gasteiger partial charge on any atom is -0.340 e. The average molecular weight is 244 g/mol. The summed E-state index contributed by atoms with van der Waals surface area (Å²) in [6, 6.07) is 4.31. The lowest BCUT2D eigenvalue weighted by molar-refractivity contribution is 0.587. The van der Waals surface area contributed by atoms with Crippen molar-refractivity contribution in [1.29, 1.82) is 0 Å². The summed E-state index contributed by atoms with van der Waals surface area (Å²) < 4.78 is 1.98. The number of hydrogen-bond donors (Lipinski definition) is 1. The van der Waals surface area contributed by atoms with Gasteiger partial charge in [0.25, 0.3) is 0 Å². The minimum absolute atomic E-state index is 0.146. The lowest BCUT2D eigenvalue weighted by Gasteiger charge is -2.17. The number of aryl methyl sites for hydroxylation is 2. The molecule has 0 saturated heterocycles. The van der Waals surface area contributed by atoms with E-state index in [9.17, 15) is 0 Å². The van der Waals surface area contributed by atoms with Crippen LogP contribution in [-0.4, -0.2) is 21.1 Å². The zero-order valence-corrected chi connectivity index (χ0v) is 11.2. The van der Waals surface area contributed by atoms with Gasteiger partial charge in [0.1, 0.15) is 0 Å². The van der Waals surface area contributed by atoms with Gasteiger partial charge in [-0.3, -0.25) is 4.98 Å². The van der Waals surface area contributed by atoms with E-state index in [1.807, 2.05) is 31.1 Å². The molecule has 4 heteroatoms. The third-order valence-electron chi connectivity index (χ3n) is 2.87. The van der Waals surface area contributed by atoms with E-state index in [4.69, 9.17) is 0 Å². The van der Waals surface area contributed by atoms with Crippen molar-refractivity contribution in [2.24, 2.45) is 7.05 Å². The van der Waals surface area contributed by atoms with Gasteiger partial charge in [-0.25, -0.2) is 4.98 Å². The Morgan fingerprint density at radius 3 is 2.83 bits per heavy atom. The highest BCUT2D eigenvalue weighted by Gasteiger charge is 2.15. The second-order valence-corrected chi connectivity index (χ2v) is 4.58. The molecule has 1 N–H and O–H groups in total. The highest BCUT2D eigenvalue weighted by Crippen LogP contribution is 2.20. The summed E-state index contributed by atoms with van der Waals surface area (Å²) in [6.45, 7) is 5.15. The Morgan fingerprint density at radius 2 is 2.22 bits per heavy atom. The monoisotopic (exact) mass is 244 g/mol. The van der Waals surface area contributed by atoms with Crippen molar-refractivity contribution in [3.05, 3.63) is 47.8 Å². The van der Waals surface area contributed by atoms with Gasteiger partial charge in [0.05, 0.1) is 18.1 Å². The molecule has 4 nitrogen and oxygen atoms in total. The van der Waals surface area contributed by atoms with Crippen LogP contribution in [-0.2, 0) is 7.05 Å². The van der Waals surface area contributed by atoms with E-state index in [0.717, 1.165) is 24.4 Å². The van der Waals surface area contributed by atoms with E-state index >= 15 is 0 Å². The molecule has 1 unspecified atom stereocenters. The molecule has 0 radical (unpaired) electrons. The number of imidazole rings is 1. The van der Waals surface area contributed by atoms with Gasteiger partial charge in [0.15, 0.2) is 0 Å². The van der Waals surface area contributed by atoms with E-state index in [1.165, 1.54) is 5.56 Å². The molecule has 0 aliphatic heterocycles. The highest BCUT2D eigenvalue weighted by molar-refractivity contribution is 5.27. The SMILES string of the molecule is CCCNC(c1ccnc(C)c1)c1cn(C)cn1. The minimum atomic E-state index is 0.146. The van der Waals surface area contributed by atoms with E-state index in [2.05, 4.69) is 40.5 Å². The molecule has 0 aliphatic rings. The summed E-state index contributed by atoms with van der Waals surface area (Å²) in [5.74, 6) is 0. The summed E-state index contributed by atoms with van der Waals surface area (Å²) in [6.07, 6.45) is 6.86. The molecule has 0 spiro atoms. The highest BCUT2D eigenvalue weighted by atomic mass is 15.0. The number of nitrogens with one attached hydrogen (secondary N) is 1. The molecule has 2 aromatic rings. The molecule has 0 aliphatic carbocycles. The number of nitrogens with zero attached hydrogens (tertiary/aromatic N) is 3. The van der Waals surface area contributed by atoms with E-state index in [0.29, 0.717) is 0 Å². The van der Waals surface area contributed by atoms with Crippen molar-refractivity contribution in [3.8, 4) is 0 Å². The zero-order valence-electron chi connectivity index (χ0n) is 11.2. The standard InChI is InChI=1S/C14H20N4/c1-4-6-16-14(13-9-18(3)10-17-13)12-5-7-15-11(2)8-12/h5,7-10,14,16H,4,6H2,1-3H3. The maximum Gasteiger partial charge on any atom is 0.0947 e. The van der Waals surface area contributed by atoms with Gasteiger partial charge in [-0.1, -0.05) is 6.92 Å². The predicted octanol–water partition coefficient (Wildman–Crippen LogP) is 2.21. The molecule has 2 heterocycles. The van der Waals surface area contributed by atoms with Crippen LogP contribution < -0.4 is 5.32 Å². The zero-order chi connectivity index (χ0) is 13.0. The van der Waals surface area contributed by atoms with Crippen molar-refractivity contribution < 1.29 is 0 Å². The van der Waals surface area contributed by atoms with Crippen molar-refractivity contribution in [2.75, 3.05) is 6.54 Å². The van der Waals surface area contributed by atoms with Crippen molar-refractivity contribution in [3.63, 3.8) is 0 Å². The summed E-state index contributed by atoms with van der Waals surface area (Å²) in [5.41, 5.74) is 3.30. The van der Waals surface area contributed by atoms with Gasteiger partial charge in [0, 0.05) is 25.1 Å². The van der Waals surface area contributed by atoms with Crippen LogP contribution in [0.2, 0.25) is 0 Å². The molecule has 0 aromatic carbocycles. The van der Waals surface area contributed by atoms with Gasteiger partial charge < -0.3 is 9.88 Å². The molecule has 2 aromatic heterocycles. The van der Waals surface area contributed by atoms with E-state index in [-0.39, 0.29) is 6.04 Å². The molecule has 96 valence electrons. The van der Waals surface area contributed by atoms with Crippen LogP contribution in [0, 0.1) is 6.92 Å². The van der Waals surface area contributed by atoms with Gasteiger partial charge in [-0.05, 0) is 37.6 Å². The van der Waals surface area contributed by atoms with Crippen LogP contribution >= 0.6 is 0 Å². The van der Waals surface area contributed by atoms with Crippen LogP contribution in [0.15, 0.2) is 30.9 Å². The number of aromatic nitrogens is 3. The van der Waals surface area contributed by atoms with Crippen LogP contribution in [0.25, 0.3) is 0 Å². The van der Waals surface area contributed by atoms with Gasteiger partial charge in [-0.15, -0.1) is 0 Å². The Kier molecular flexibility index (Phi) is 4.10. The summed E-state index contributed by atoms with van der Waals surface area (Å²) in [4.78, 5) is 8.70. The molecule has 18 heavy (non-hydrogen) atoms. The topological polar surface area (TPSA) is 42.7 Å². The third kappa shape index (κ3) is 2.96. The molecule has 1 atom stereocenters. The number of pyridine rings is 1. The van der Waals surface area contributed by atoms with Crippen molar-refractivity contribution >= 4 is 0 Å². The second-order valence-electron chi connectivity index (χ2n) is 4.58. The van der Waals surface area contributed by atoms with E-state index < -0.39 is 0 Å². The first-order valence-electron chi connectivity index (χ1n) is 6.34. The summed E-state index contributed by atoms with van der Waals surface area (Å²) in [5, 5.41) is 3.54. The predicted molar refractivity (Wildman–Crippen MR) is 72.3 cm³/mol. The fraction of sp³-hybridized carbons (Fsp3) is 0.429. The molecule has 0 saturated carbocycles. The lowest BCUT2D eigenvalue weighted by Crippen LogP contribution is -2.23. The Bertz CT molecular complexity index is 504. The molecule has 0 bridgehead atoms. The maximum atomic E-state index is 4.46. The largest absolute Gasteiger partial charge is 0.340 e.